The van der Waals surface area contributed by atoms with Crippen LogP contribution in [0.3, 0.4) is 0 Å². The summed E-state index contributed by atoms with van der Waals surface area (Å²) in [5.41, 5.74) is 0. The Hall–Kier alpha value is -1.46. The molecule has 0 atom stereocenters. The predicted octanol–water partition coefficient (Wildman–Crippen LogP) is 4.62. The second kappa shape index (κ2) is 12.6. The smallest absolute Gasteiger partial charge is 0.450 e. The molecule has 0 radical (unpaired) electrons. The molecule has 0 aliphatic heterocycles. The van der Waals surface area contributed by atoms with Gasteiger partial charge in [0.15, 0.2) is 0 Å². The molecule has 0 saturated carbocycles. The van der Waals surface area contributed by atoms with E-state index in [0.717, 1.165) is 19.3 Å². The van der Waals surface area contributed by atoms with Crippen molar-refractivity contribution in [2.24, 2.45) is 0 Å². The van der Waals surface area contributed by atoms with E-state index < -0.39 is 18.6 Å². The molecule has 0 rings (SSSR count). The van der Waals surface area contributed by atoms with Crippen molar-refractivity contribution >= 4 is 12.3 Å². The molecule has 0 amide bonds. The maximum absolute atomic E-state index is 10.4. The first kappa shape index (κ1) is 18.5. The van der Waals surface area contributed by atoms with E-state index in [1.54, 1.807) is 0 Å². The van der Waals surface area contributed by atoms with Gasteiger partial charge < -0.3 is 19.7 Å². The van der Waals surface area contributed by atoms with Crippen molar-refractivity contribution in [1.29, 1.82) is 0 Å². The fourth-order valence-corrected chi connectivity index (χ4v) is 1.99. The van der Waals surface area contributed by atoms with Crippen LogP contribution in [0.1, 0.15) is 71.1 Å². The van der Waals surface area contributed by atoms with Crippen LogP contribution in [-0.2, 0) is 9.47 Å². The van der Waals surface area contributed by atoms with Gasteiger partial charge in [-0.15, -0.1) is 0 Å². The van der Waals surface area contributed by atoms with Crippen LogP contribution in [0.15, 0.2) is 0 Å². The van der Waals surface area contributed by atoms with Crippen LogP contribution in [0.2, 0.25) is 0 Å². The summed E-state index contributed by atoms with van der Waals surface area (Å²) >= 11 is 0. The quantitative estimate of drug-likeness (QED) is 0.309. The molecule has 0 bridgehead atoms. The fraction of sp³-hybridized carbons (Fsp3) is 0.857. The number of carboxylic acid groups (broad SMARTS) is 2. The van der Waals surface area contributed by atoms with Crippen LogP contribution < -0.4 is 0 Å². The first-order valence-electron chi connectivity index (χ1n) is 7.35. The highest BCUT2D eigenvalue weighted by Gasteiger charge is 2.17. The van der Waals surface area contributed by atoms with Crippen LogP contribution in [0.5, 0.6) is 0 Å². The Morgan fingerprint density at radius 1 is 0.800 bits per heavy atom. The standard InChI is InChI=1S/C14H26O6/c1-2-3-4-5-6-7-8-9-10-11-12(19-13(15)16)20-14(17)18/h12H,2-11H2,1H3,(H,15,16)(H,17,18). The van der Waals surface area contributed by atoms with E-state index in [1.165, 1.54) is 32.1 Å². The molecule has 2 N–H and O–H groups in total. The normalized spacial score (nSPS) is 10.5. The topological polar surface area (TPSA) is 93.1 Å². The average Bonchev–Trinajstić information content (AvgIpc) is 2.35. The van der Waals surface area contributed by atoms with Gasteiger partial charge in [0.25, 0.3) is 6.29 Å². The van der Waals surface area contributed by atoms with Crippen LogP contribution in [-0.4, -0.2) is 28.8 Å². The third-order valence-corrected chi connectivity index (χ3v) is 3.01. The first-order valence-corrected chi connectivity index (χ1v) is 7.35. The Bertz CT molecular complexity index is 250. The Kier molecular flexibility index (Phi) is 11.7. The van der Waals surface area contributed by atoms with Gasteiger partial charge in [-0.1, -0.05) is 58.3 Å². The Morgan fingerprint density at radius 3 is 1.60 bits per heavy atom. The van der Waals surface area contributed by atoms with E-state index in [2.05, 4.69) is 16.4 Å². The zero-order valence-corrected chi connectivity index (χ0v) is 12.2. The molecule has 0 aliphatic rings. The van der Waals surface area contributed by atoms with Crippen LogP contribution >= 0.6 is 0 Å². The summed E-state index contributed by atoms with van der Waals surface area (Å²) in [5, 5.41) is 16.9. The van der Waals surface area contributed by atoms with Gasteiger partial charge in [0.05, 0.1) is 0 Å². The lowest BCUT2D eigenvalue weighted by molar-refractivity contribution is -0.0950. The summed E-state index contributed by atoms with van der Waals surface area (Å²) < 4.78 is 8.69. The Balaban J connectivity index is 3.53. The van der Waals surface area contributed by atoms with Gasteiger partial charge in [-0.25, -0.2) is 9.59 Å². The molecule has 0 spiro atoms. The second-order valence-corrected chi connectivity index (χ2v) is 4.81. The minimum Gasteiger partial charge on any atom is -0.450 e. The number of hydrogen-bond donors (Lipinski definition) is 2. The van der Waals surface area contributed by atoms with Gasteiger partial charge in [0.1, 0.15) is 0 Å². The zero-order valence-electron chi connectivity index (χ0n) is 12.2. The van der Waals surface area contributed by atoms with Gasteiger partial charge in [0, 0.05) is 6.42 Å². The molecule has 0 fully saturated rings. The molecule has 0 unspecified atom stereocenters. The molecule has 0 aromatic rings. The van der Waals surface area contributed by atoms with Crippen LogP contribution in [0.4, 0.5) is 9.59 Å². The summed E-state index contributed by atoms with van der Waals surface area (Å²) in [6.07, 6.45) is 6.18. The van der Waals surface area contributed by atoms with E-state index in [9.17, 15) is 9.59 Å². The molecule has 0 saturated heterocycles. The highest BCUT2D eigenvalue weighted by molar-refractivity contribution is 5.59. The molecular weight excluding hydrogens is 264 g/mol. The summed E-state index contributed by atoms with van der Waals surface area (Å²) in [6, 6.07) is 0. The lowest BCUT2D eigenvalue weighted by Gasteiger charge is -2.14. The third-order valence-electron chi connectivity index (χ3n) is 3.01. The summed E-state index contributed by atoms with van der Waals surface area (Å²) in [5.74, 6) is 0. The number of ether oxygens (including phenoxy) is 2. The molecule has 6 heteroatoms. The van der Waals surface area contributed by atoms with Gasteiger partial charge in [-0.2, -0.15) is 0 Å². The number of unbranched alkanes of at least 4 members (excludes halogenated alkanes) is 8. The molecule has 0 aromatic heterocycles. The van der Waals surface area contributed by atoms with Crippen molar-refractivity contribution < 1.29 is 29.3 Å². The largest absolute Gasteiger partial charge is 0.508 e. The molecule has 0 aliphatic carbocycles. The van der Waals surface area contributed by atoms with E-state index in [-0.39, 0.29) is 6.42 Å². The summed E-state index contributed by atoms with van der Waals surface area (Å²) in [6.45, 7) is 2.19. The number of hydrogen-bond acceptors (Lipinski definition) is 4. The molecule has 0 heterocycles. The SMILES string of the molecule is CCCCCCCCCCCC(OC(=O)O)OC(=O)O. The molecule has 20 heavy (non-hydrogen) atoms. The number of carbonyl (C=O) groups is 2. The van der Waals surface area contributed by atoms with Crippen molar-refractivity contribution in [1.82, 2.24) is 0 Å². The Labute approximate surface area is 120 Å². The summed E-state index contributed by atoms with van der Waals surface area (Å²) in [7, 11) is 0. The highest BCUT2D eigenvalue weighted by atomic mass is 16.8. The lowest BCUT2D eigenvalue weighted by atomic mass is 10.1. The molecular formula is C14H26O6. The van der Waals surface area contributed by atoms with E-state index in [1.807, 2.05) is 0 Å². The van der Waals surface area contributed by atoms with Gasteiger partial charge in [0.2, 0.25) is 0 Å². The van der Waals surface area contributed by atoms with Gasteiger partial charge in [-0.3, -0.25) is 0 Å². The van der Waals surface area contributed by atoms with Crippen molar-refractivity contribution in [3.05, 3.63) is 0 Å². The van der Waals surface area contributed by atoms with Crippen molar-refractivity contribution in [3.63, 3.8) is 0 Å². The van der Waals surface area contributed by atoms with Gasteiger partial charge in [-0.05, 0) is 6.42 Å². The third kappa shape index (κ3) is 13.0. The monoisotopic (exact) mass is 290 g/mol. The molecule has 6 nitrogen and oxygen atoms in total. The maximum Gasteiger partial charge on any atom is 0.508 e. The van der Waals surface area contributed by atoms with Crippen molar-refractivity contribution in [3.8, 4) is 0 Å². The Morgan fingerprint density at radius 2 is 1.20 bits per heavy atom. The van der Waals surface area contributed by atoms with Crippen molar-refractivity contribution in [2.75, 3.05) is 0 Å². The lowest BCUT2D eigenvalue weighted by Crippen LogP contribution is -2.23. The van der Waals surface area contributed by atoms with Crippen molar-refractivity contribution in [2.45, 2.75) is 77.4 Å². The first-order chi connectivity index (χ1) is 9.56. The second-order valence-electron chi connectivity index (χ2n) is 4.81. The highest BCUT2D eigenvalue weighted by Crippen LogP contribution is 2.13. The minimum absolute atomic E-state index is 0.272. The van der Waals surface area contributed by atoms with E-state index in [4.69, 9.17) is 10.2 Å². The van der Waals surface area contributed by atoms with E-state index >= 15 is 0 Å². The average molecular weight is 290 g/mol. The van der Waals surface area contributed by atoms with Crippen LogP contribution in [0, 0.1) is 0 Å². The van der Waals surface area contributed by atoms with Gasteiger partial charge >= 0.3 is 12.3 Å². The predicted molar refractivity (Wildman–Crippen MR) is 73.9 cm³/mol. The minimum atomic E-state index is -1.52. The van der Waals surface area contributed by atoms with E-state index in [0.29, 0.717) is 6.42 Å². The fourth-order valence-electron chi connectivity index (χ4n) is 1.99. The molecule has 0 aromatic carbocycles. The zero-order chi connectivity index (χ0) is 15.2. The summed E-state index contributed by atoms with van der Waals surface area (Å²) in [4.78, 5) is 20.7. The number of rotatable bonds is 12. The maximum atomic E-state index is 10.4. The molecule has 118 valence electrons. The van der Waals surface area contributed by atoms with Crippen LogP contribution in [0.25, 0.3) is 0 Å².